The van der Waals surface area contributed by atoms with Gasteiger partial charge in [-0.2, -0.15) is 0 Å². The molecule has 1 aliphatic carbocycles. The number of amidine groups is 1. The van der Waals surface area contributed by atoms with Crippen molar-refractivity contribution in [1.82, 2.24) is 5.43 Å². The number of nitrogens with two attached hydrogens (primary N) is 1. The number of hydrogen-bond acceptors (Lipinski definition) is 2. The van der Waals surface area contributed by atoms with Crippen LogP contribution < -0.4 is 11.3 Å². The van der Waals surface area contributed by atoms with Gasteiger partial charge in [0.25, 0.3) is 0 Å². The van der Waals surface area contributed by atoms with Crippen molar-refractivity contribution in [3.8, 4) is 0 Å². The first-order valence-corrected chi connectivity index (χ1v) is 5.60. The number of rotatable bonds is 2. The van der Waals surface area contributed by atoms with Gasteiger partial charge in [0.1, 0.15) is 11.7 Å². The van der Waals surface area contributed by atoms with Crippen LogP contribution in [-0.4, -0.2) is 11.9 Å². The van der Waals surface area contributed by atoms with Crippen molar-refractivity contribution in [2.45, 2.75) is 31.7 Å². The number of aliphatic imine (C=N–C) groups is 1. The maximum atomic E-state index is 12.8. The van der Waals surface area contributed by atoms with Gasteiger partial charge in [0.05, 0.1) is 6.04 Å². The van der Waals surface area contributed by atoms with E-state index in [9.17, 15) is 4.39 Å². The highest BCUT2D eigenvalue weighted by atomic mass is 19.1. The van der Waals surface area contributed by atoms with Gasteiger partial charge in [0.15, 0.2) is 0 Å². The molecule has 0 aliphatic heterocycles. The lowest BCUT2D eigenvalue weighted by molar-refractivity contribution is 0.627. The molecule has 4 heteroatoms. The van der Waals surface area contributed by atoms with E-state index in [1.165, 1.54) is 25.0 Å². The summed E-state index contributed by atoms with van der Waals surface area (Å²) in [7, 11) is 0. The maximum Gasteiger partial charge on any atom is 0.142 e. The minimum Gasteiger partial charge on any atom is -0.308 e. The van der Waals surface area contributed by atoms with E-state index in [2.05, 4.69) is 10.4 Å². The summed E-state index contributed by atoms with van der Waals surface area (Å²) in [4.78, 5) is 4.55. The Hall–Kier alpha value is -1.42. The van der Waals surface area contributed by atoms with Crippen molar-refractivity contribution in [2.75, 3.05) is 0 Å². The van der Waals surface area contributed by atoms with E-state index >= 15 is 0 Å². The SMILES string of the molecule is NNC(=NC1CCCC1)c1ccc(F)cc1. The summed E-state index contributed by atoms with van der Waals surface area (Å²) in [6.45, 7) is 0. The van der Waals surface area contributed by atoms with Gasteiger partial charge >= 0.3 is 0 Å². The van der Waals surface area contributed by atoms with E-state index in [0.717, 1.165) is 18.4 Å². The minimum absolute atomic E-state index is 0.249. The molecule has 3 nitrogen and oxygen atoms in total. The molecule has 1 aliphatic rings. The second kappa shape index (κ2) is 5.07. The first-order valence-electron chi connectivity index (χ1n) is 5.60. The summed E-state index contributed by atoms with van der Waals surface area (Å²) in [5, 5.41) is 0. The van der Waals surface area contributed by atoms with Crippen LogP contribution in [0.2, 0.25) is 0 Å². The van der Waals surface area contributed by atoms with Crippen LogP contribution >= 0.6 is 0 Å². The Balaban J connectivity index is 2.17. The summed E-state index contributed by atoms with van der Waals surface area (Å²) in [5.74, 6) is 5.84. The van der Waals surface area contributed by atoms with Gasteiger partial charge in [-0.3, -0.25) is 4.99 Å². The van der Waals surface area contributed by atoms with Crippen molar-refractivity contribution >= 4 is 5.84 Å². The molecule has 1 fully saturated rings. The molecule has 0 radical (unpaired) electrons. The first-order chi connectivity index (χ1) is 7.79. The molecule has 3 N–H and O–H groups in total. The number of hydrogen-bond donors (Lipinski definition) is 2. The minimum atomic E-state index is -0.249. The molecule has 0 heterocycles. The quantitative estimate of drug-likeness (QED) is 0.347. The number of benzene rings is 1. The lowest BCUT2D eigenvalue weighted by Gasteiger charge is -2.09. The van der Waals surface area contributed by atoms with Crippen LogP contribution in [0.25, 0.3) is 0 Å². The maximum absolute atomic E-state index is 12.8. The molecule has 1 aromatic carbocycles. The Morgan fingerprint density at radius 1 is 1.25 bits per heavy atom. The van der Waals surface area contributed by atoms with Gasteiger partial charge in [-0.15, -0.1) is 0 Å². The highest BCUT2D eigenvalue weighted by Crippen LogP contribution is 2.21. The lowest BCUT2D eigenvalue weighted by Crippen LogP contribution is -2.32. The third-order valence-electron chi connectivity index (χ3n) is 2.89. The summed E-state index contributed by atoms with van der Waals surface area (Å²) in [6, 6.07) is 6.55. The standard InChI is InChI=1S/C12H16FN3/c13-10-7-5-9(6-8-10)12(16-14)15-11-3-1-2-4-11/h5-8,11H,1-4,14H2,(H,15,16). The molecular formula is C12H16FN3. The molecule has 1 saturated carbocycles. The Kier molecular flexibility index (Phi) is 3.51. The predicted octanol–water partition coefficient (Wildman–Crippen LogP) is 1.98. The van der Waals surface area contributed by atoms with Crippen molar-refractivity contribution in [2.24, 2.45) is 10.8 Å². The van der Waals surface area contributed by atoms with Crippen molar-refractivity contribution in [1.29, 1.82) is 0 Å². The molecule has 0 saturated heterocycles. The van der Waals surface area contributed by atoms with E-state index in [1.54, 1.807) is 12.1 Å². The van der Waals surface area contributed by atoms with Gasteiger partial charge < -0.3 is 5.43 Å². The summed E-state index contributed by atoms with van der Waals surface area (Å²) < 4.78 is 12.8. The van der Waals surface area contributed by atoms with Crippen LogP contribution in [0.4, 0.5) is 4.39 Å². The normalized spacial score (nSPS) is 17.8. The molecule has 0 unspecified atom stereocenters. The lowest BCUT2D eigenvalue weighted by atomic mass is 10.2. The zero-order valence-electron chi connectivity index (χ0n) is 9.12. The number of nitrogens with zero attached hydrogens (tertiary/aromatic N) is 1. The fourth-order valence-electron chi connectivity index (χ4n) is 2.02. The summed E-state index contributed by atoms with van der Waals surface area (Å²) >= 11 is 0. The average Bonchev–Trinajstić information content (AvgIpc) is 2.80. The second-order valence-electron chi connectivity index (χ2n) is 4.07. The smallest absolute Gasteiger partial charge is 0.142 e. The van der Waals surface area contributed by atoms with E-state index in [0.29, 0.717) is 11.9 Å². The molecule has 0 aromatic heterocycles. The fourth-order valence-corrected chi connectivity index (χ4v) is 2.02. The highest BCUT2D eigenvalue weighted by Gasteiger charge is 2.15. The highest BCUT2D eigenvalue weighted by molar-refractivity contribution is 5.98. The largest absolute Gasteiger partial charge is 0.308 e. The van der Waals surface area contributed by atoms with Crippen LogP contribution in [-0.2, 0) is 0 Å². The Morgan fingerprint density at radius 3 is 2.44 bits per heavy atom. The van der Waals surface area contributed by atoms with Crippen molar-refractivity contribution < 1.29 is 4.39 Å². The van der Waals surface area contributed by atoms with Gasteiger partial charge in [0, 0.05) is 5.56 Å². The van der Waals surface area contributed by atoms with Crippen molar-refractivity contribution in [3.63, 3.8) is 0 Å². The molecule has 0 atom stereocenters. The predicted molar refractivity (Wildman–Crippen MR) is 62.5 cm³/mol. The number of hydrazine groups is 1. The summed E-state index contributed by atoms with van der Waals surface area (Å²) in [6.07, 6.45) is 4.70. The molecule has 2 rings (SSSR count). The van der Waals surface area contributed by atoms with Crippen LogP contribution in [0, 0.1) is 5.82 Å². The van der Waals surface area contributed by atoms with Crippen LogP contribution in [0.1, 0.15) is 31.2 Å². The molecule has 16 heavy (non-hydrogen) atoms. The fraction of sp³-hybridized carbons (Fsp3) is 0.417. The van der Waals surface area contributed by atoms with E-state index in [4.69, 9.17) is 5.84 Å². The number of nitrogens with one attached hydrogen (secondary N) is 1. The zero-order chi connectivity index (χ0) is 11.4. The molecular weight excluding hydrogens is 205 g/mol. The van der Waals surface area contributed by atoms with E-state index in [1.807, 2.05) is 0 Å². The number of halogens is 1. The average molecular weight is 221 g/mol. The van der Waals surface area contributed by atoms with E-state index < -0.39 is 0 Å². The van der Waals surface area contributed by atoms with E-state index in [-0.39, 0.29) is 5.82 Å². The van der Waals surface area contributed by atoms with Gasteiger partial charge in [-0.1, -0.05) is 12.8 Å². The molecule has 0 bridgehead atoms. The summed E-state index contributed by atoms with van der Waals surface area (Å²) in [5.41, 5.74) is 3.42. The van der Waals surface area contributed by atoms with Gasteiger partial charge in [-0.05, 0) is 37.1 Å². The first kappa shape index (κ1) is 11.1. The second-order valence-corrected chi connectivity index (χ2v) is 4.07. The van der Waals surface area contributed by atoms with Gasteiger partial charge in [-0.25, -0.2) is 10.2 Å². The van der Waals surface area contributed by atoms with Gasteiger partial charge in [0.2, 0.25) is 0 Å². The third kappa shape index (κ3) is 2.58. The van der Waals surface area contributed by atoms with Crippen LogP contribution in [0.15, 0.2) is 29.3 Å². The van der Waals surface area contributed by atoms with Crippen molar-refractivity contribution in [3.05, 3.63) is 35.6 Å². The zero-order valence-corrected chi connectivity index (χ0v) is 9.12. The van der Waals surface area contributed by atoms with Crippen LogP contribution in [0.3, 0.4) is 0 Å². The third-order valence-corrected chi connectivity index (χ3v) is 2.89. The monoisotopic (exact) mass is 221 g/mol. The molecule has 86 valence electrons. The topological polar surface area (TPSA) is 50.4 Å². The molecule has 1 aromatic rings. The Labute approximate surface area is 94.5 Å². The molecule has 0 spiro atoms. The van der Waals surface area contributed by atoms with Crippen LogP contribution in [0.5, 0.6) is 0 Å². The Morgan fingerprint density at radius 2 is 1.88 bits per heavy atom. The Bertz CT molecular complexity index is 366. The molecule has 0 amide bonds.